The average Bonchev–Trinajstić information content (AvgIpc) is 3.05. The standard InChI is InChI=1S/C17H20O3S/c1-2-11-19-14-7-9-15(10-8-14)20-12-3-5-16(18)17-6-4-13-21-17/h4,6-10,13H,2-3,5,11-12H2,1H3. The van der Waals surface area contributed by atoms with Crippen molar-refractivity contribution in [3.8, 4) is 11.5 Å². The number of hydrogen-bond donors (Lipinski definition) is 0. The first kappa shape index (κ1) is 15.6. The van der Waals surface area contributed by atoms with Crippen molar-refractivity contribution in [3.05, 3.63) is 46.7 Å². The summed E-state index contributed by atoms with van der Waals surface area (Å²) in [4.78, 5) is 12.6. The highest BCUT2D eigenvalue weighted by molar-refractivity contribution is 7.12. The molecule has 2 aromatic rings. The van der Waals surface area contributed by atoms with Crippen molar-refractivity contribution in [3.63, 3.8) is 0 Å². The Morgan fingerprint density at radius 1 is 1.05 bits per heavy atom. The molecule has 21 heavy (non-hydrogen) atoms. The van der Waals surface area contributed by atoms with Crippen LogP contribution >= 0.6 is 11.3 Å². The Balaban J connectivity index is 1.67. The van der Waals surface area contributed by atoms with E-state index in [4.69, 9.17) is 9.47 Å². The molecule has 0 saturated heterocycles. The summed E-state index contributed by atoms with van der Waals surface area (Å²) >= 11 is 1.49. The predicted molar refractivity (Wildman–Crippen MR) is 85.6 cm³/mol. The Kier molecular flexibility index (Phi) is 6.28. The topological polar surface area (TPSA) is 35.5 Å². The van der Waals surface area contributed by atoms with E-state index in [0.717, 1.165) is 35.8 Å². The van der Waals surface area contributed by atoms with Crippen LogP contribution in [0.3, 0.4) is 0 Å². The van der Waals surface area contributed by atoms with Gasteiger partial charge in [0, 0.05) is 6.42 Å². The summed E-state index contributed by atoms with van der Waals surface area (Å²) in [5.74, 6) is 1.86. The van der Waals surface area contributed by atoms with Gasteiger partial charge in [0.2, 0.25) is 0 Å². The van der Waals surface area contributed by atoms with Crippen molar-refractivity contribution in [1.82, 2.24) is 0 Å². The zero-order valence-corrected chi connectivity index (χ0v) is 13.0. The zero-order valence-electron chi connectivity index (χ0n) is 12.2. The minimum atomic E-state index is 0.192. The van der Waals surface area contributed by atoms with Crippen LogP contribution in [0, 0.1) is 0 Å². The summed E-state index contributed by atoms with van der Waals surface area (Å²) in [6.07, 6.45) is 2.25. The Labute approximate surface area is 129 Å². The monoisotopic (exact) mass is 304 g/mol. The number of benzene rings is 1. The summed E-state index contributed by atoms with van der Waals surface area (Å²) < 4.78 is 11.1. The van der Waals surface area contributed by atoms with Gasteiger partial charge < -0.3 is 9.47 Å². The van der Waals surface area contributed by atoms with E-state index in [9.17, 15) is 4.79 Å². The third-order valence-corrected chi connectivity index (χ3v) is 3.82. The maximum Gasteiger partial charge on any atom is 0.172 e. The van der Waals surface area contributed by atoms with Crippen LogP contribution in [0.15, 0.2) is 41.8 Å². The fraction of sp³-hybridized carbons (Fsp3) is 0.353. The second-order valence-electron chi connectivity index (χ2n) is 4.67. The largest absolute Gasteiger partial charge is 0.494 e. The molecule has 0 atom stereocenters. The van der Waals surface area contributed by atoms with Gasteiger partial charge in [0.25, 0.3) is 0 Å². The summed E-state index contributed by atoms with van der Waals surface area (Å²) in [5, 5.41) is 1.92. The molecule has 0 bridgehead atoms. The SMILES string of the molecule is CCCOc1ccc(OCCCC(=O)c2cccs2)cc1. The molecule has 1 aromatic heterocycles. The highest BCUT2D eigenvalue weighted by Gasteiger charge is 2.06. The fourth-order valence-electron chi connectivity index (χ4n) is 1.84. The molecule has 0 fully saturated rings. The van der Waals surface area contributed by atoms with E-state index in [2.05, 4.69) is 6.92 Å². The van der Waals surface area contributed by atoms with Gasteiger partial charge in [-0.2, -0.15) is 0 Å². The van der Waals surface area contributed by atoms with Crippen LogP contribution in [-0.4, -0.2) is 19.0 Å². The van der Waals surface area contributed by atoms with Crippen molar-refractivity contribution in [2.24, 2.45) is 0 Å². The second-order valence-corrected chi connectivity index (χ2v) is 5.62. The van der Waals surface area contributed by atoms with Gasteiger partial charge in [-0.1, -0.05) is 13.0 Å². The van der Waals surface area contributed by atoms with Crippen molar-refractivity contribution >= 4 is 17.1 Å². The normalized spacial score (nSPS) is 10.3. The van der Waals surface area contributed by atoms with E-state index >= 15 is 0 Å². The molecule has 0 amide bonds. The molecule has 0 aliphatic heterocycles. The first-order chi connectivity index (χ1) is 10.3. The van der Waals surface area contributed by atoms with Crippen LogP contribution in [-0.2, 0) is 0 Å². The zero-order chi connectivity index (χ0) is 14.9. The van der Waals surface area contributed by atoms with E-state index < -0.39 is 0 Å². The molecule has 3 nitrogen and oxygen atoms in total. The van der Waals surface area contributed by atoms with Gasteiger partial charge in [-0.25, -0.2) is 0 Å². The number of rotatable bonds is 9. The molecule has 112 valence electrons. The number of carbonyl (C=O) groups excluding carboxylic acids is 1. The van der Waals surface area contributed by atoms with Crippen molar-refractivity contribution in [1.29, 1.82) is 0 Å². The summed E-state index contributed by atoms with van der Waals surface area (Å²) in [7, 11) is 0. The maximum atomic E-state index is 11.8. The first-order valence-electron chi connectivity index (χ1n) is 7.22. The Morgan fingerprint density at radius 3 is 2.29 bits per heavy atom. The van der Waals surface area contributed by atoms with Crippen molar-refractivity contribution in [2.75, 3.05) is 13.2 Å². The molecule has 0 aliphatic carbocycles. The Hall–Kier alpha value is -1.81. The lowest BCUT2D eigenvalue weighted by Gasteiger charge is -2.07. The minimum Gasteiger partial charge on any atom is -0.494 e. The molecule has 0 spiro atoms. The van der Waals surface area contributed by atoms with Gasteiger partial charge in [-0.05, 0) is 48.6 Å². The summed E-state index contributed by atoms with van der Waals surface area (Å²) in [5.41, 5.74) is 0. The fourth-order valence-corrected chi connectivity index (χ4v) is 2.53. The van der Waals surface area contributed by atoms with Crippen LogP contribution in [0.1, 0.15) is 35.9 Å². The van der Waals surface area contributed by atoms with Crippen LogP contribution in [0.5, 0.6) is 11.5 Å². The van der Waals surface area contributed by atoms with E-state index in [1.807, 2.05) is 41.8 Å². The highest BCUT2D eigenvalue weighted by Crippen LogP contribution is 2.18. The lowest BCUT2D eigenvalue weighted by molar-refractivity contribution is 0.0977. The first-order valence-corrected chi connectivity index (χ1v) is 8.10. The molecule has 1 heterocycles. The molecule has 0 radical (unpaired) electrons. The number of thiophene rings is 1. The van der Waals surface area contributed by atoms with E-state index in [-0.39, 0.29) is 5.78 Å². The van der Waals surface area contributed by atoms with Crippen LogP contribution in [0.4, 0.5) is 0 Å². The van der Waals surface area contributed by atoms with Crippen molar-refractivity contribution in [2.45, 2.75) is 26.2 Å². The summed E-state index contributed by atoms with van der Waals surface area (Å²) in [6, 6.07) is 11.4. The molecule has 0 aliphatic rings. The third kappa shape index (κ3) is 5.23. The highest BCUT2D eigenvalue weighted by atomic mass is 32.1. The molecular weight excluding hydrogens is 284 g/mol. The summed E-state index contributed by atoms with van der Waals surface area (Å²) in [6.45, 7) is 3.35. The number of ether oxygens (including phenoxy) is 2. The minimum absolute atomic E-state index is 0.192. The van der Waals surface area contributed by atoms with E-state index in [0.29, 0.717) is 13.0 Å². The van der Waals surface area contributed by atoms with Crippen molar-refractivity contribution < 1.29 is 14.3 Å². The molecule has 2 rings (SSSR count). The van der Waals surface area contributed by atoms with Gasteiger partial charge in [0.05, 0.1) is 18.1 Å². The maximum absolute atomic E-state index is 11.8. The Morgan fingerprint density at radius 2 is 1.71 bits per heavy atom. The number of ketones is 1. The van der Waals surface area contributed by atoms with Gasteiger partial charge in [-0.3, -0.25) is 4.79 Å². The number of Topliss-reactive ketones (excluding diaryl/α,β-unsaturated/α-hetero) is 1. The predicted octanol–water partition coefficient (Wildman–Crippen LogP) is 4.58. The smallest absolute Gasteiger partial charge is 0.172 e. The van der Waals surface area contributed by atoms with Gasteiger partial charge >= 0.3 is 0 Å². The van der Waals surface area contributed by atoms with Gasteiger partial charge in [-0.15, -0.1) is 11.3 Å². The van der Waals surface area contributed by atoms with E-state index in [1.54, 1.807) is 0 Å². The molecular formula is C17H20O3S. The lowest BCUT2D eigenvalue weighted by Crippen LogP contribution is -2.02. The average molecular weight is 304 g/mol. The van der Waals surface area contributed by atoms with Gasteiger partial charge in [0.15, 0.2) is 5.78 Å². The Bertz CT molecular complexity index is 532. The number of carbonyl (C=O) groups is 1. The molecule has 0 saturated carbocycles. The molecule has 4 heteroatoms. The third-order valence-electron chi connectivity index (χ3n) is 2.91. The lowest BCUT2D eigenvalue weighted by atomic mass is 10.2. The molecule has 1 aromatic carbocycles. The van der Waals surface area contributed by atoms with E-state index in [1.165, 1.54) is 11.3 Å². The number of hydrogen-bond acceptors (Lipinski definition) is 4. The quantitative estimate of drug-likeness (QED) is 0.502. The van der Waals surface area contributed by atoms with Gasteiger partial charge in [0.1, 0.15) is 11.5 Å². The molecule has 0 N–H and O–H groups in total. The molecule has 0 unspecified atom stereocenters. The van der Waals surface area contributed by atoms with Crippen LogP contribution < -0.4 is 9.47 Å². The van der Waals surface area contributed by atoms with Crippen LogP contribution in [0.2, 0.25) is 0 Å². The van der Waals surface area contributed by atoms with Crippen LogP contribution in [0.25, 0.3) is 0 Å². The second kappa shape index (κ2) is 8.47.